The SMILES string of the molecule is CC1CC2CCCC(Cc3noc(C(Cc4c[nH]c5ccccc45)NC(=O)CNC(=O)CN)n3)(C1)C2. The number of nitrogens with one attached hydrogen (secondary N) is 3. The van der Waals surface area contributed by atoms with Gasteiger partial charge in [0.25, 0.3) is 0 Å². The van der Waals surface area contributed by atoms with E-state index in [0.29, 0.717) is 12.3 Å². The number of nitrogens with two attached hydrogens (primary N) is 1. The third-order valence-corrected chi connectivity index (χ3v) is 7.94. The summed E-state index contributed by atoms with van der Waals surface area (Å²) in [5.41, 5.74) is 7.65. The molecule has 4 atom stereocenters. The summed E-state index contributed by atoms with van der Waals surface area (Å²) < 4.78 is 5.74. The first-order valence-corrected chi connectivity index (χ1v) is 13.1. The Kier molecular flexibility index (Phi) is 7.09. The molecule has 0 radical (unpaired) electrons. The average Bonchev–Trinajstić information content (AvgIpc) is 3.48. The van der Waals surface area contributed by atoms with E-state index in [0.717, 1.165) is 40.5 Å². The summed E-state index contributed by atoms with van der Waals surface area (Å²) in [6, 6.07) is 7.51. The number of carbonyl (C=O) groups is 2. The second-order valence-electron chi connectivity index (χ2n) is 10.9. The number of rotatable bonds is 9. The molecule has 2 heterocycles. The summed E-state index contributed by atoms with van der Waals surface area (Å²) in [5.74, 6) is 1.93. The van der Waals surface area contributed by atoms with Gasteiger partial charge >= 0.3 is 0 Å². The van der Waals surface area contributed by atoms with E-state index in [2.05, 4.69) is 27.7 Å². The normalized spacial score (nSPS) is 24.4. The summed E-state index contributed by atoms with van der Waals surface area (Å²) in [6.45, 7) is 2.04. The van der Waals surface area contributed by atoms with Gasteiger partial charge in [-0.15, -0.1) is 0 Å². The van der Waals surface area contributed by atoms with E-state index in [4.69, 9.17) is 15.2 Å². The zero-order chi connectivity index (χ0) is 25.1. The van der Waals surface area contributed by atoms with Crippen LogP contribution in [0.5, 0.6) is 0 Å². The lowest BCUT2D eigenvalue weighted by atomic mass is 9.58. The number of hydrogen-bond donors (Lipinski definition) is 4. The fraction of sp³-hybridized carbons (Fsp3) is 0.556. The maximum absolute atomic E-state index is 12.7. The molecular formula is C27H36N6O3. The number of fused-ring (bicyclic) bond motifs is 3. The van der Waals surface area contributed by atoms with E-state index in [1.807, 2.05) is 30.5 Å². The van der Waals surface area contributed by atoms with Crippen molar-refractivity contribution in [3.63, 3.8) is 0 Å². The van der Waals surface area contributed by atoms with Crippen LogP contribution in [0, 0.1) is 17.3 Å². The molecule has 3 aromatic rings. The van der Waals surface area contributed by atoms with Crippen molar-refractivity contribution in [3.8, 4) is 0 Å². The molecule has 2 aliphatic rings. The summed E-state index contributed by atoms with van der Waals surface area (Å²) in [4.78, 5) is 32.3. The number of para-hydroxylation sites is 1. The van der Waals surface area contributed by atoms with Crippen molar-refractivity contribution in [1.82, 2.24) is 25.8 Å². The van der Waals surface area contributed by atoms with Crippen LogP contribution in [0.4, 0.5) is 0 Å². The van der Waals surface area contributed by atoms with Crippen LogP contribution in [0.2, 0.25) is 0 Å². The molecule has 5 rings (SSSR count). The van der Waals surface area contributed by atoms with Gasteiger partial charge in [-0.25, -0.2) is 0 Å². The third kappa shape index (κ3) is 5.46. The predicted molar refractivity (Wildman–Crippen MR) is 136 cm³/mol. The Hall–Kier alpha value is -3.20. The summed E-state index contributed by atoms with van der Waals surface area (Å²) >= 11 is 0. The van der Waals surface area contributed by atoms with Crippen molar-refractivity contribution in [2.24, 2.45) is 23.0 Å². The van der Waals surface area contributed by atoms with Gasteiger partial charge in [0.1, 0.15) is 6.04 Å². The fourth-order valence-corrected chi connectivity index (χ4v) is 6.63. The fourth-order valence-electron chi connectivity index (χ4n) is 6.63. The lowest BCUT2D eigenvalue weighted by Crippen LogP contribution is -2.41. The van der Waals surface area contributed by atoms with E-state index < -0.39 is 6.04 Å². The van der Waals surface area contributed by atoms with E-state index in [1.54, 1.807) is 0 Å². The number of aromatic nitrogens is 3. The van der Waals surface area contributed by atoms with E-state index in [1.165, 1.54) is 38.5 Å². The van der Waals surface area contributed by atoms with Crippen molar-refractivity contribution in [3.05, 3.63) is 47.7 Å². The number of benzene rings is 1. The average molecular weight is 493 g/mol. The summed E-state index contributed by atoms with van der Waals surface area (Å²) in [6.07, 6.45) is 10.9. The van der Waals surface area contributed by atoms with Crippen LogP contribution in [-0.2, 0) is 22.4 Å². The first-order chi connectivity index (χ1) is 17.4. The summed E-state index contributed by atoms with van der Waals surface area (Å²) in [5, 5.41) is 10.9. The highest BCUT2D eigenvalue weighted by Gasteiger charge is 2.42. The number of amides is 2. The highest BCUT2D eigenvalue weighted by atomic mass is 16.5. The monoisotopic (exact) mass is 492 g/mol. The molecule has 9 heteroatoms. The second kappa shape index (κ2) is 10.4. The molecule has 0 aliphatic heterocycles. The Morgan fingerprint density at radius 1 is 1.28 bits per heavy atom. The molecule has 1 aromatic carbocycles. The molecular weight excluding hydrogens is 456 g/mol. The Morgan fingerprint density at radius 2 is 2.14 bits per heavy atom. The number of nitrogens with zero attached hydrogens (tertiary/aromatic N) is 2. The molecule has 4 unspecified atom stereocenters. The van der Waals surface area contributed by atoms with Crippen LogP contribution >= 0.6 is 0 Å². The molecule has 2 aromatic heterocycles. The van der Waals surface area contributed by atoms with Crippen LogP contribution in [0.25, 0.3) is 10.9 Å². The molecule has 2 bridgehead atoms. The maximum atomic E-state index is 12.7. The molecule has 2 amide bonds. The first kappa shape index (κ1) is 24.5. The van der Waals surface area contributed by atoms with Gasteiger partial charge in [-0.3, -0.25) is 9.59 Å². The highest BCUT2D eigenvalue weighted by molar-refractivity contribution is 5.86. The van der Waals surface area contributed by atoms with Gasteiger partial charge in [0, 0.05) is 29.9 Å². The summed E-state index contributed by atoms with van der Waals surface area (Å²) in [7, 11) is 0. The van der Waals surface area contributed by atoms with Gasteiger partial charge in [0.2, 0.25) is 17.7 Å². The lowest BCUT2D eigenvalue weighted by molar-refractivity contribution is -0.125. The predicted octanol–water partition coefficient (Wildman–Crippen LogP) is 3.17. The van der Waals surface area contributed by atoms with Gasteiger partial charge in [0.05, 0.1) is 13.1 Å². The molecule has 192 valence electrons. The van der Waals surface area contributed by atoms with Gasteiger partial charge in [-0.1, -0.05) is 43.1 Å². The number of carbonyl (C=O) groups excluding carboxylic acids is 2. The molecule has 2 aliphatic carbocycles. The van der Waals surface area contributed by atoms with Crippen molar-refractivity contribution in [2.75, 3.05) is 13.1 Å². The zero-order valence-electron chi connectivity index (χ0n) is 20.9. The molecule has 2 saturated carbocycles. The first-order valence-electron chi connectivity index (χ1n) is 13.1. The number of hydrogen-bond acceptors (Lipinski definition) is 6. The third-order valence-electron chi connectivity index (χ3n) is 7.94. The van der Waals surface area contributed by atoms with Crippen LogP contribution in [0.15, 0.2) is 35.0 Å². The molecule has 5 N–H and O–H groups in total. The van der Waals surface area contributed by atoms with Crippen LogP contribution < -0.4 is 16.4 Å². The Bertz CT molecular complexity index is 1220. The van der Waals surface area contributed by atoms with E-state index in [9.17, 15) is 9.59 Å². The Morgan fingerprint density at radius 3 is 3.00 bits per heavy atom. The molecule has 9 nitrogen and oxygen atoms in total. The minimum Gasteiger partial charge on any atom is -0.361 e. The van der Waals surface area contributed by atoms with Gasteiger partial charge in [-0.05, 0) is 54.6 Å². The lowest BCUT2D eigenvalue weighted by Gasteiger charge is -2.47. The molecule has 2 fully saturated rings. The van der Waals surface area contributed by atoms with Crippen molar-refractivity contribution >= 4 is 22.7 Å². The smallest absolute Gasteiger partial charge is 0.249 e. The quantitative estimate of drug-likeness (QED) is 0.362. The largest absolute Gasteiger partial charge is 0.361 e. The van der Waals surface area contributed by atoms with Crippen LogP contribution in [0.3, 0.4) is 0 Å². The minimum atomic E-state index is -0.519. The minimum absolute atomic E-state index is 0.163. The molecule has 36 heavy (non-hydrogen) atoms. The van der Waals surface area contributed by atoms with Crippen molar-refractivity contribution in [2.45, 2.75) is 64.3 Å². The second-order valence-corrected chi connectivity index (χ2v) is 10.9. The van der Waals surface area contributed by atoms with Crippen LogP contribution in [0.1, 0.15) is 68.8 Å². The molecule has 0 spiro atoms. The standard InChI is InChI=1S/C27H36N6O3/c1-17-9-18-5-4-8-27(11-17,12-18)13-23-32-26(36-33-23)22(31-25(35)16-30-24(34)14-28)10-19-15-29-21-7-3-2-6-20(19)21/h2-3,6-7,15,17-18,22,29H,4-5,8-14,16,28H2,1H3,(H,30,34)(H,31,35). The topological polar surface area (TPSA) is 139 Å². The van der Waals surface area contributed by atoms with Crippen molar-refractivity contribution in [1.29, 1.82) is 0 Å². The molecule has 0 saturated heterocycles. The van der Waals surface area contributed by atoms with E-state index in [-0.39, 0.29) is 30.3 Å². The van der Waals surface area contributed by atoms with Gasteiger partial charge < -0.3 is 25.9 Å². The zero-order valence-corrected chi connectivity index (χ0v) is 20.9. The van der Waals surface area contributed by atoms with Gasteiger partial charge in [0.15, 0.2) is 5.82 Å². The van der Waals surface area contributed by atoms with E-state index >= 15 is 0 Å². The number of aromatic amines is 1. The Balaban J connectivity index is 1.35. The van der Waals surface area contributed by atoms with Crippen LogP contribution in [-0.4, -0.2) is 40.0 Å². The number of H-pyrrole nitrogens is 1. The van der Waals surface area contributed by atoms with Crippen molar-refractivity contribution < 1.29 is 14.1 Å². The highest BCUT2D eigenvalue weighted by Crippen LogP contribution is 2.52. The van der Waals surface area contributed by atoms with Gasteiger partial charge in [-0.2, -0.15) is 4.98 Å². The maximum Gasteiger partial charge on any atom is 0.249 e. The Labute approximate surface area is 211 Å².